The van der Waals surface area contributed by atoms with E-state index in [2.05, 4.69) is 16.0 Å². The molecular formula is C20H16N4O5. The van der Waals surface area contributed by atoms with Gasteiger partial charge in [-0.25, -0.2) is 4.68 Å². The Morgan fingerprint density at radius 1 is 0.966 bits per heavy atom. The van der Waals surface area contributed by atoms with Crippen molar-refractivity contribution in [2.24, 2.45) is 0 Å². The Kier molecular flexibility index (Phi) is 4.47. The molecule has 0 aliphatic heterocycles. The number of para-hydroxylation sites is 1. The van der Waals surface area contributed by atoms with E-state index in [-0.39, 0.29) is 16.5 Å². The monoisotopic (exact) mass is 392 g/mol. The van der Waals surface area contributed by atoms with Gasteiger partial charge >= 0.3 is 5.91 Å². The standard InChI is InChI=1S/C20H16N4O5/c1-11-12-6-4-5-9-15(12)29-17(11)19(27)22-21-16(25)10-24-20(28)14-8-3-2-7-13(14)18(26)23-24/h2-9H,10H2,1H3,(H,21,25)(H,22,27)(H,23,26). The number of aromatic amines is 1. The molecule has 0 aliphatic rings. The van der Waals surface area contributed by atoms with Crippen LogP contribution in [-0.4, -0.2) is 21.6 Å². The molecule has 0 aliphatic carbocycles. The smallest absolute Gasteiger partial charge is 0.305 e. The lowest BCUT2D eigenvalue weighted by Crippen LogP contribution is -2.45. The Morgan fingerprint density at radius 2 is 1.62 bits per heavy atom. The summed E-state index contributed by atoms with van der Waals surface area (Å²) in [7, 11) is 0. The number of hydrogen-bond acceptors (Lipinski definition) is 5. The van der Waals surface area contributed by atoms with Crippen LogP contribution in [0.3, 0.4) is 0 Å². The van der Waals surface area contributed by atoms with Crippen molar-refractivity contribution >= 4 is 33.6 Å². The number of hydrazine groups is 1. The van der Waals surface area contributed by atoms with Crippen molar-refractivity contribution in [1.29, 1.82) is 0 Å². The summed E-state index contributed by atoms with van der Waals surface area (Å²) in [6.45, 7) is 1.26. The third kappa shape index (κ3) is 3.29. The molecule has 2 aromatic heterocycles. The summed E-state index contributed by atoms with van der Waals surface area (Å²) < 4.78 is 6.42. The van der Waals surface area contributed by atoms with Crippen LogP contribution in [0.1, 0.15) is 16.1 Å². The minimum absolute atomic E-state index is 0.0720. The van der Waals surface area contributed by atoms with E-state index in [9.17, 15) is 19.2 Å². The van der Waals surface area contributed by atoms with Crippen molar-refractivity contribution in [2.45, 2.75) is 13.5 Å². The molecule has 0 radical (unpaired) electrons. The number of fused-ring (bicyclic) bond motifs is 2. The molecule has 9 heteroatoms. The summed E-state index contributed by atoms with van der Waals surface area (Å²) in [5.74, 6) is -1.26. The molecule has 2 aromatic carbocycles. The average Bonchev–Trinajstić information content (AvgIpc) is 3.07. The number of hydrogen-bond donors (Lipinski definition) is 3. The van der Waals surface area contributed by atoms with Crippen LogP contribution >= 0.6 is 0 Å². The molecule has 9 nitrogen and oxygen atoms in total. The number of carbonyl (C=O) groups excluding carboxylic acids is 2. The van der Waals surface area contributed by atoms with Crippen LogP contribution in [0, 0.1) is 6.92 Å². The van der Waals surface area contributed by atoms with Gasteiger partial charge in [0.15, 0.2) is 5.76 Å². The molecule has 0 fully saturated rings. The molecule has 2 heterocycles. The van der Waals surface area contributed by atoms with E-state index in [1.807, 2.05) is 12.1 Å². The molecule has 0 saturated heterocycles. The number of furan rings is 1. The number of benzene rings is 2. The summed E-state index contributed by atoms with van der Waals surface area (Å²) in [5, 5.41) is 3.59. The van der Waals surface area contributed by atoms with Crippen LogP contribution < -0.4 is 22.0 Å². The topological polar surface area (TPSA) is 126 Å². The molecule has 4 rings (SSSR count). The zero-order valence-electron chi connectivity index (χ0n) is 15.3. The number of rotatable bonds is 3. The van der Waals surface area contributed by atoms with Gasteiger partial charge in [0.1, 0.15) is 12.1 Å². The number of amides is 2. The van der Waals surface area contributed by atoms with Crippen LogP contribution in [-0.2, 0) is 11.3 Å². The molecule has 0 unspecified atom stereocenters. The van der Waals surface area contributed by atoms with Gasteiger partial charge in [0.2, 0.25) is 0 Å². The van der Waals surface area contributed by atoms with Gasteiger partial charge in [0.05, 0.1) is 10.8 Å². The molecule has 0 spiro atoms. The number of aryl methyl sites for hydroxylation is 1. The molecule has 0 bridgehead atoms. The van der Waals surface area contributed by atoms with Gasteiger partial charge in [-0.3, -0.25) is 35.1 Å². The fraction of sp³-hybridized carbons (Fsp3) is 0.100. The molecule has 29 heavy (non-hydrogen) atoms. The normalized spacial score (nSPS) is 10.9. The average molecular weight is 392 g/mol. The van der Waals surface area contributed by atoms with E-state index >= 15 is 0 Å². The quantitative estimate of drug-likeness (QED) is 0.452. The van der Waals surface area contributed by atoms with E-state index in [0.29, 0.717) is 11.1 Å². The summed E-state index contributed by atoms with van der Waals surface area (Å²) in [4.78, 5) is 49.0. The van der Waals surface area contributed by atoms with Gasteiger partial charge in [-0.1, -0.05) is 30.3 Å². The number of nitrogens with zero attached hydrogens (tertiary/aromatic N) is 1. The Morgan fingerprint density at radius 3 is 2.34 bits per heavy atom. The number of H-pyrrole nitrogens is 1. The Hall–Kier alpha value is -4.14. The van der Waals surface area contributed by atoms with Gasteiger partial charge in [0.25, 0.3) is 17.0 Å². The van der Waals surface area contributed by atoms with Crippen molar-refractivity contribution in [1.82, 2.24) is 20.6 Å². The summed E-state index contributed by atoms with van der Waals surface area (Å²) in [5.41, 5.74) is 4.66. The van der Waals surface area contributed by atoms with Crippen molar-refractivity contribution in [3.63, 3.8) is 0 Å². The highest BCUT2D eigenvalue weighted by Gasteiger charge is 2.18. The molecule has 3 N–H and O–H groups in total. The van der Waals surface area contributed by atoms with E-state index in [1.54, 1.807) is 31.2 Å². The van der Waals surface area contributed by atoms with Crippen molar-refractivity contribution < 1.29 is 14.0 Å². The fourth-order valence-corrected chi connectivity index (χ4v) is 3.12. The molecule has 2 amide bonds. The highest BCUT2D eigenvalue weighted by Crippen LogP contribution is 2.24. The molecule has 146 valence electrons. The molecular weight excluding hydrogens is 376 g/mol. The van der Waals surface area contributed by atoms with Crippen molar-refractivity contribution in [3.05, 3.63) is 80.6 Å². The second-order valence-corrected chi connectivity index (χ2v) is 6.43. The zero-order chi connectivity index (χ0) is 20.5. The first-order chi connectivity index (χ1) is 14.0. The first kappa shape index (κ1) is 18.2. The Labute approximate surface area is 162 Å². The highest BCUT2D eigenvalue weighted by atomic mass is 16.3. The third-order valence-corrected chi connectivity index (χ3v) is 4.55. The largest absolute Gasteiger partial charge is 0.451 e. The predicted octanol–water partition coefficient (Wildman–Crippen LogP) is 1.21. The van der Waals surface area contributed by atoms with Crippen LogP contribution in [0.5, 0.6) is 0 Å². The van der Waals surface area contributed by atoms with E-state index in [0.717, 1.165) is 10.1 Å². The first-order valence-electron chi connectivity index (χ1n) is 8.75. The lowest BCUT2D eigenvalue weighted by molar-refractivity contribution is -0.122. The van der Waals surface area contributed by atoms with Crippen LogP contribution in [0.25, 0.3) is 21.7 Å². The number of aromatic nitrogens is 2. The van der Waals surface area contributed by atoms with Gasteiger partial charge in [-0.2, -0.15) is 0 Å². The van der Waals surface area contributed by atoms with Crippen LogP contribution in [0.4, 0.5) is 0 Å². The van der Waals surface area contributed by atoms with E-state index < -0.39 is 29.5 Å². The Bertz CT molecular complexity index is 1380. The predicted molar refractivity (Wildman–Crippen MR) is 105 cm³/mol. The van der Waals surface area contributed by atoms with Gasteiger partial charge in [-0.05, 0) is 25.1 Å². The maximum Gasteiger partial charge on any atom is 0.305 e. The molecule has 4 aromatic rings. The van der Waals surface area contributed by atoms with Gasteiger partial charge in [0, 0.05) is 10.9 Å². The number of nitrogens with one attached hydrogen (secondary N) is 3. The Balaban J connectivity index is 1.49. The summed E-state index contributed by atoms with van der Waals surface area (Å²) in [6, 6.07) is 13.5. The lowest BCUT2D eigenvalue weighted by atomic mass is 10.1. The van der Waals surface area contributed by atoms with Crippen molar-refractivity contribution in [3.8, 4) is 0 Å². The van der Waals surface area contributed by atoms with Gasteiger partial charge < -0.3 is 4.42 Å². The lowest BCUT2D eigenvalue weighted by Gasteiger charge is -2.09. The maximum atomic E-state index is 12.4. The SMILES string of the molecule is Cc1c(C(=O)NNC(=O)Cn2[nH]c(=O)c3ccccc3c2=O)oc2ccccc12. The van der Waals surface area contributed by atoms with Crippen LogP contribution in [0.2, 0.25) is 0 Å². The van der Waals surface area contributed by atoms with Crippen molar-refractivity contribution in [2.75, 3.05) is 0 Å². The van der Waals surface area contributed by atoms with Gasteiger partial charge in [-0.15, -0.1) is 0 Å². The van der Waals surface area contributed by atoms with E-state index in [1.165, 1.54) is 12.1 Å². The third-order valence-electron chi connectivity index (χ3n) is 4.55. The summed E-state index contributed by atoms with van der Waals surface area (Å²) in [6.07, 6.45) is 0. The fourth-order valence-electron chi connectivity index (χ4n) is 3.12. The van der Waals surface area contributed by atoms with E-state index in [4.69, 9.17) is 4.42 Å². The second-order valence-electron chi connectivity index (χ2n) is 6.43. The highest BCUT2D eigenvalue weighted by molar-refractivity contribution is 5.99. The second kappa shape index (κ2) is 7.12. The molecule has 0 atom stereocenters. The minimum Gasteiger partial charge on any atom is -0.451 e. The van der Waals surface area contributed by atoms with Crippen LogP contribution in [0.15, 0.2) is 62.5 Å². The maximum absolute atomic E-state index is 12.4. The zero-order valence-corrected chi connectivity index (χ0v) is 15.3. The minimum atomic E-state index is -0.694. The number of carbonyl (C=O) groups is 2. The first-order valence-corrected chi connectivity index (χ1v) is 8.75. The molecule has 0 saturated carbocycles. The summed E-state index contributed by atoms with van der Waals surface area (Å²) >= 11 is 0.